The molecule has 2 aromatic carbocycles. The van der Waals surface area contributed by atoms with Gasteiger partial charge in [-0.05, 0) is 56.3 Å². The second-order valence-electron chi connectivity index (χ2n) is 6.43. The number of hydrogen-bond acceptors (Lipinski definition) is 4. The molecule has 6 heteroatoms. The van der Waals surface area contributed by atoms with Gasteiger partial charge in [0.25, 0.3) is 11.8 Å². The number of rotatable bonds is 6. The molecule has 2 aromatic rings. The molecule has 0 atom stereocenters. The Balaban J connectivity index is 2.09. The Morgan fingerprint density at radius 3 is 2.27 bits per heavy atom. The van der Waals surface area contributed by atoms with Gasteiger partial charge < -0.3 is 20.1 Å². The Morgan fingerprint density at radius 2 is 1.69 bits per heavy atom. The molecule has 0 heterocycles. The molecular weight excluding hydrogens is 332 g/mol. The third-order valence-corrected chi connectivity index (χ3v) is 3.71. The molecule has 0 fully saturated rings. The van der Waals surface area contributed by atoms with Crippen molar-refractivity contribution in [3.05, 3.63) is 59.2 Å². The number of hydrogen-bond donors (Lipinski definition) is 2. The van der Waals surface area contributed by atoms with Crippen LogP contribution >= 0.6 is 0 Å². The third-order valence-electron chi connectivity index (χ3n) is 3.71. The predicted molar refractivity (Wildman–Crippen MR) is 100 cm³/mol. The summed E-state index contributed by atoms with van der Waals surface area (Å²) in [7, 11) is 3.35. The Morgan fingerprint density at radius 1 is 1.08 bits per heavy atom. The van der Waals surface area contributed by atoms with Crippen molar-refractivity contribution in [2.45, 2.75) is 26.6 Å². The maximum atomic E-state index is 12.4. The molecule has 0 unspecified atom stereocenters. The lowest BCUT2D eigenvalue weighted by molar-refractivity contribution is 0.0645. The van der Waals surface area contributed by atoms with Crippen LogP contribution in [0.25, 0.3) is 0 Å². The molecule has 26 heavy (non-hydrogen) atoms. The summed E-state index contributed by atoms with van der Waals surface area (Å²) in [5.41, 5.74) is 2.12. The fourth-order valence-electron chi connectivity index (χ4n) is 2.26. The Bertz CT molecular complexity index is 783. The molecule has 0 radical (unpaired) electrons. The lowest BCUT2D eigenvalue weighted by atomic mass is 10.1. The molecule has 0 bridgehead atoms. The van der Waals surface area contributed by atoms with Crippen LogP contribution in [0.15, 0.2) is 42.5 Å². The summed E-state index contributed by atoms with van der Waals surface area (Å²) in [6.45, 7) is 4.08. The van der Waals surface area contributed by atoms with Crippen LogP contribution in [0.3, 0.4) is 0 Å². The molecular formula is C20H24N2O4. The smallest absolute Gasteiger partial charge is 0.255 e. The minimum Gasteiger partial charge on any atom is -0.508 e. The number of aromatic hydroxyl groups is 1. The van der Waals surface area contributed by atoms with E-state index >= 15 is 0 Å². The zero-order valence-electron chi connectivity index (χ0n) is 15.4. The first-order valence-electron chi connectivity index (χ1n) is 8.34. The van der Waals surface area contributed by atoms with Crippen molar-refractivity contribution in [2.24, 2.45) is 0 Å². The Labute approximate surface area is 153 Å². The number of benzene rings is 2. The number of phenolic OH excluding ortho intramolecular Hbond substituents is 1. The van der Waals surface area contributed by atoms with E-state index in [2.05, 4.69) is 5.32 Å². The van der Waals surface area contributed by atoms with Gasteiger partial charge in [0.2, 0.25) is 0 Å². The molecule has 2 rings (SSSR count). The zero-order chi connectivity index (χ0) is 19.3. The van der Waals surface area contributed by atoms with Gasteiger partial charge in [-0.2, -0.15) is 0 Å². The molecule has 0 saturated carbocycles. The molecule has 0 aliphatic carbocycles. The van der Waals surface area contributed by atoms with E-state index in [4.69, 9.17) is 4.74 Å². The van der Waals surface area contributed by atoms with Crippen molar-refractivity contribution in [1.29, 1.82) is 0 Å². The average Bonchev–Trinajstić information content (AvgIpc) is 2.61. The van der Waals surface area contributed by atoms with E-state index in [0.717, 1.165) is 0 Å². The SMILES string of the molecule is CC(C)OCc1cc(NC(=O)c2ccc(C(=O)N(C)C)cc2)ccc1O. The first-order chi connectivity index (χ1) is 12.3. The highest BCUT2D eigenvalue weighted by molar-refractivity contribution is 6.05. The minimum atomic E-state index is -0.296. The van der Waals surface area contributed by atoms with Crippen molar-refractivity contribution in [3.8, 4) is 5.75 Å². The standard InChI is InChI=1S/C20H24N2O4/c1-13(2)26-12-16-11-17(9-10-18(16)23)21-19(24)14-5-7-15(8-6-14)20(25)22(3)4/h5-11,13,23H,12H2,1-4H3,(H,21,24). The number of nitrogens with one attached hydrogen (secondary N) is 1. The summed E-state index contributed by atoms with van der Waals surface area (Å²) in [6, 6.07) is 11.3. The van der Waals surface area contributed by atoms with Crippen molar-refractivity contribution in [2.75, 3.05) is 19.4 Å². The molecule has 6 nitrogen and oxygen atoms in total. The number of anilines is 1. The topological polar surface area (TPSA) is 78.9 Å². The second-order valence-corrected chi connectivity index (χ2v) is 6.43. The van der Waals surface area contributed by atoms with Gasteiger partial charge in [0.1, 0.15) is 5.75 Å². The van der Waals surface area contributed by atoms with Crippen molar-refractivity contribution < 1.29 is 19.4 Å². The van der Waals surface area contributed by atoms with Gasteiger partial charge in [-0.15, -0.1) is 0 Å². The molecule has 138 valence electrons. The number of nitrogens with zero attached hydrogens (tertiary/aromatic N) is 1. The van der Waals surface area contributed by atoms with Crippen LogP contribution in [0.1, 0.15) is 40.1 Å². The number of ether oxygens (including phenoxy) is 1. The molecule has 0 saturated heterocycles. The monoisotopic (exact) mass is 356 g/mol. The fourth-order valence-corrected chi connectivity index (χ4v) is 2.26. The van der Waals surface area contributed by atoms with Crippen LogP contribution in [0.4, 0.5) is 5.69 Å². The lowest BCUT2D eigenvalue weighted by Crippen LogP contribution is -2.21. The highest BCUT2D eigenvalue weighted by atomic mass is 16.5. The summed E-state index contributed by atoms with van der Waals surface area (Å²) >= 11 is 0. The van der Waals surface area contributed by atoms with Crippen LogP contribution in [0.5, 0.6) is 5.75 Å². The summed E-state index contributed by atoms with van der Waals surface area (Å²) in [6.07, 6.45) is 0.0380. The van der Waals surface area contributed by atoms with Crippen LogP contribution in [0, 0.1) is 0 Å². The second kappa shape index (κ2) is 8.49. The lowest BCUT2D eigenvalue weighted by Gasteiger charge is -2.12. The van der Waals surface area contributed by atoms with Gasteiger partial charge in [-0.25, -0.2) is 0 Å². The highest BCUT2D eigenvalue weighted by Gasteiger charge is 2.11. The van der Waals surface area contributed by atoms with Gasteiger partial charge in [-0.1, -0.05) is 0 Å². The van der Waals surface area contributed by atoms with E-state index in [9.17, 15) is 14.7 Å². The molecule has 0 aliphatic rings. The molecule has 2 amide bonds. The summed E-state index contributed by atoms with van der Waals surface area (Å²) in [5, 5.41) is 12.7. The summed E-state index contributed by atoms with van der Waals surface area (Å²) in [5.74, 6) is -0.296. The van der Waals surface area contributed by atoms with E-state index in [1.54, 1.807) is 50.5 Å². The minimum absolute atomic E-state index is 0.0380. The first-order valence-corrected chi connectivity index (χ1v) is 8.34. The highest BCUT2D eigenvalue weighted by Crippen LogP contribution is 2.23. The number of carbonyl (C=O) groups is 2. The van der Waals surface area contributed by atoms with Gasteiger partial charge in [0.05, 0.1) is 12.7 Å². The van der Waals surface area contributed by atoms with E-state index in [0.29, 0.717) is 22.4 Å². The van der Waals surface area contributed by atoms with E-state index < -0.39 is 0 Å². The fraction of sp³-hybridized carbons (Fsp3) is 0.300. The summed E-state index contributed by atoms with van der Waals surface area (Å²) < 4.78 is 5.50. The van der Waals surface area contributed by atoms with E-state index in [1.807, 2.05) is 13.8 Å². The zero-order valence-corrected chi connectivity index (χ0v) is 15.4. The third kappa shape index (κ3) is 5.07. The molecule has 0 aliphatic heterocycles. The molecule has 0 aromatic heterocycles. The maximum Gasteiger partial charge on any atom is 0.255 e. The van der Waals surface area contributed by atoms with Crippen LogP contribution in [-0.2, 0) is 11.3 Å². The van der Waals surface area contributed by atoms with Crippen LogP contribution in [0.2, 0.25) is 0 Å². The Kier molecular flexibility index (Phi) is 6.36. The van der Waals surface area contributed by atoms with E-state index in [1.165, 1.54) is 11.0 Å². The van der Waals surface area contributed by atoms with Crippen molar-refractivity contribution >= 4 is 17.5 Å². The van der Waals surface area contributed by atoms with Gasteiger partial charge in [0.15, 0.2) is 0 Å². The van der Waals surface area contributed by atoms with Crippen molar-refractivity contribution in [1.82, 2.24) is 4.90 Å². The van der Waals surface area contributed by atoms with Gasteiger partial charge in [-0.3, -0.25) is 9.59 Å². The first kappa shape index (κ1) is 19.5. The molecule has 0 spiro atoms. The van der Waals surface area contributed by atoms with Crippen LogP contribution < -0.4 is 5.32 Å². The largest absolute Gasteiger partial charge is 0.508 e. The van der Waals surface area contributed by atoms with E-state index in [-0.39, 0.29) is 30.3 Å². The maximum absolute atomic E-state index is 12.4. The van der Waals surface area contributed by atoms with Gasteiger partial charge in [0, 0.05) is 36.5 Å². The van der Waals surface area contributed by atoms with Crippen molar-refractivity contribution in [3.63, 3.8) is 0 Å². The summed E-state index contributed by atoms with van der Waals surface area (Å²) in [4.78, 5) is 25.8. The number of phenols is 1. The number of carbonyl (C=O) groups excluding carboxylic acids is 2. The quantitative estimate of drug-likeness (QED) is 0.779. The number of amides is 2. The van der Waals surface area contributed by atoms with Crippen LogP contribution in [-0.4, -0.2) is 42.0 Å². The Hall–Kier alpha value is -2.86. The average molecular weight is 356 g/mol. The molecule has 2 N–H and O–H groups in total. The van der Waals surface area contributed by atoms with Gasteiger partial charge >= 0.3 is 0 Å². The predicted octanol–water partition coefficient (Wildman–Crippen LogP) is 3.27. The normalized spacial score (nSPS) is 10.7.